The van der Waals surface area contributed by atoms with Crippen molar-refractivity contribution >= 4 is 50.1 Å². The SMILES string of the molecule is N#CCCNC(=O)CNc1cc(Br)ccc1I. The normalized spacial score (nSPS) is 9.47. The molecule has 4 nitrogen and oxygen atoms in total. The second-order valence-electron chi connectivity index (χ2n) is 3.24. The standard InChI is InChI=1S/C11H11BrIN3O/c12-8-2-3-9(13)10(6-8)16-7-11(17)15-5-1-4-14/h2-3,6,16H,1,5,7H2,(H,15,17). The lowest BCUT2D eigenvalue weighted by atomic mass is 10.3. The number of nitriles is 1. The molecule has 1 amide bonds. The van der Waals surface area contributed by atoms with Gasteiger partial charge in [0, 0.05) is 20.3 Å². The second-order valence-corrected chi connectivity index (χ2v) is 5.31. The first kappa shape index (κ1) is 14.3. The zero-order valence-corrected chi connectivity index (χ0v) is 12.7. The quantitative estimate of drug-likeness (QED) is 0.582. The number of benzene rings is 1. The van der Waals surface area contributed by atoms with Gasteiger partial charge in [-0.2, -0.15) is 5.26 Å². The topological polar surface area (TPSA) is 64.9 Å². The molecule has 0 saturated heterocycles. The number of amides is 1. The van der Waals surface area contributed by atoms with Crippen molar-refractivity contribution < 1.29 is 4.79 Å². The van der Waals surface area contributed by atoms with Crippen LogP contribution in [0.25, 0.3) is 0 Å². The van der Waals surface area contributed by atoms with E-state index in [1.165, 1.54) is 0 Å². The number of hydrogen-bond donors (Lipinski definition) is 2. The van der Waals surface area contributed by atoms with Gasteiger partial charge in [-0.25, -0.2) is 0 Å². The van der Waals surface area contributed by atoms with Crippen LogP contribution in [0, 0.1) is 14.9 Å². The van der Waals surface area contributed by atoms with Gasteiger partial charge in [-0.1, -0.05) is 15.9 Å². The highest BCUT2D eigenvalue weighted by atomic mass is 127. The van der Waals surface area contributed by atoms with E-state index >= 15 is 0 Å². The first-order valence-electron chi connectivity index (χ1n) is 4.96. The second kappa shape index (κ2) is 7.50. The number of hydrogen-bond acceptors (Lipinski definition) is 3. The molecule has 0 bridgehead atoms. The number of anilines is 1. The van der Waals surface area contributed by atoms with Gasteiger partial charge in [-0.15, -0.1) is 0 Å². The van der Waals surface area contributed by atoms with Crippen LogP contribution in [0.4, 0.5) is 5.69 Å². The maximum absolute atomic E-state index is 11.4. The van der Waals surface area contributed by atoms with Crippen LogP contribution < -0.4 is 10.6 Å². The van der Waals surface area contributed by atoms with Gasteiger partial charge in [0.25, 0.3) is 0 Å². The van der Waals surface area contributed by atoms with Gasteiger partial charge < -0.3 is 10.6 Å². The van der Waals surface area contributed by atoms with Crippen molar-refractivity contribution in [3.63, 3.8) is 0 Å². The predicted octanol–water partition coefficient (Wildman–Crippen LogP) is 2.50. The molecular formula is C11H11BrIN3O. The van der Waals surface area contributed by atoms with Crippen LogP contribution in [-0.4, -0.2) is 19.0 Å². The van der Waals surface area contributed by atoms with Crippen LogP contribution in [0.1, 0.15) is 6.42 Å². The van der Waals surface area contributed by atoms with Gasteiger partial charge in [-0.3, -0.25) is 4.79 Å². The minimum atomic E-state index is -0.115. The summed E-state index contributed by atoms with van der Waals surface area (Å²) >= 11 is 5.58. The van der Waals surface area contributed by atoms with Gasteiger partial charge in [0.05, 0.1) is 19.0 Å². The smallest absolute Gasteiger partial charge is 0.239 e. The van der Waals surface area contributed by atoms with Crippen LogP contribution in [0.2, 0.25) is 0 Å². The predicted molar refractivity (Wildman–Crippen MR) is 78.6 cm³/mol. The minimum Gasteiger partial charge on any atom is -0.375 e. The number of carbonyl (C=O) groups is 1. The van der Waals surface area contributed by atoms with E-state index in [0.29, 0.717) is 13.0 Å². The largest absolute Gasteiger partial charge is 0.375 e. The zero-order chi connectivity index (χ0) is 12.7. The van der Waals surface area contributed by atoms with Crippen LogP contribution in [0.15, 0.2) is 22.7 Å². The summed E-state index contributed by atoms with van der Waals surface area (Å²) in [5.74, 6) is -0.115. The van der Waals surface area contributed by atoms with Crippen molar-refractivity contribution in [1.82, 2.24) is 5.32 Å². The molecule has 0 aliphatic rings. The Morgan fingerprint density at radius 2 is 2.29 bits per heavy atom. The summed E-state index contributed by atoms with van der Waals surface area (Å²) in [6, 6.07) is 7.80. The Kier molecular flexibility index (Phi) is 6.29. The summed E-state index contributed by atoms with van der Waals surface area (Å²) in [7, 11) is 0. The Morgan fingerprint density at radius 3 is 3.00 bits per heavy atom. The van der Waals surface area contributed by atoms with Crippen molar-refractivity contribution in [3.8, 4) is 6.07 Å². The molecule has 1 rings (SSSR count). The maximum atomic E-state index is 11.4. The average Bonchev–Trinajstić information content (AvgIpc) is 2.31. The van der Waals surface area contributed by atoms with Gasteiger partial charge in [-0.05, 0) is 40.8 Å². The highest BCUT2D eigenvalue weighted by Gasteiger charge is 2.03. The van der Waals surface area contributed by atoms with Crippen molar-refractivity contribution in [1.29, 1.82) is 5.26 Å². The first-order chi connectivity index (χ1) is 8.13. The van der Waals surface area contributed by atoms with E-state index in [0.717, 1.165) is 13.7 Å². The van der Waals surface area contributed by atoms with E-state index in [-0.39, 0.29) is 12.5 Å². The van der Waals surface area contributed by atoms with Gasteiger partial charge in [0.15, 0.2) is 0 Å². The Morgan fingerprint density at radius 1 is 1.53 bits per heavy atom. The van der Waals surface area contributed by atoms with E-state index in [1.54, 1.807) is 0 Å². The van der Waals surface area contributed by atoms with Crippen molar-refractivity contribution in [2.24, 2.45) is 0 Å². The fourth-order valence-corrected chi connectivity index (χ4v) is 2.02. The molecule has 90 valence electrons. The Hall–Kier alpha value is -0.810. The molecule has 0 fully saturated rings. The molecule has 0 saturated carbocycles. The Bertz CT molecular complexity index is 445. The van der Waals surface area contributed by atoms with Crippen molar-refractivity contribution in [2.75, 3.05) is 18.4 Å². The molecule has 17 heavy (non-hydrogen) atoms. The minimum absolute atomic E-state index is 0.115. The average molecular weight is 408 g/mol. The monoisotopic (exact) mass is 407 g/mol. The molecule has 1 aromatic rings. The Balaban J connectivity index is 2.42. The molecule has 0 aliphatic heterocycles. The molecule has 0 radical (unpaired) electrons. The van der Waals surface area contributed by atoms with Crippen LogP contribution >= 0.6 is 38.5 Å². The van der Waals surface area contributed by atoms with Gasteiger partial charge in [0.2, 0.25) is 5.91 Å². The Labute approximate surface area is 122 Å². The van der Waals surface area contributed by atoms with E-state index < -0.39 is 0 Å². The number of rotatable bonds is 5. The molecule has 6 heteroatoms. The maximum Gasteiger partial charge on any atom is 0.239 e. The summed E-state index contributed by atoms with van der Waals surface area (Å²) in [6.45, 7) is 0.602. The van der Waals surface area contributed by atoms with Crippen LogP contribution in [0.3, 0.4) is 0 Å². The lowest BCUT2D eigenvalue weighted by Crippen LogP contribution is -2.30. The summed E-state index contributed by atoms with van der Waals surface area (Å²) < 4.78 is 2.01. The third-order valence-corrected chi connectivity index (χ3v) is 3.36. The first-order valence-corrected chi connectivity index (χ1v) is 6.83. The molecule has 0 spiro atoms. The number of nitrogens with zero attached hydrogens (tertiary/aromatic N) is 1. The fraction of sp³-hybridized carbons (Fsp3) is 0.273. The lowest BCUT2D eigenvalue weighted by Gasteiger charge is -2.09. The fourth-order valence-electron chi connectivity index (χ4n) is 1.13. The molecule has 2 N–H and O–H groups in total. The highest BCUT2D eigenvalue weighted by Crippen LogP contribution is 2.22. The molecular weight excluding hydrogens is 397 g/mol. The molecule has 0 aliphatic carbocycles. The zero-order valence-electron chi connectivity index (χ0n) is 8.96. The lowest BCUT2D eigenvalue weighted by molar-refractivity contribution is -0.119. The highest BCUT2D eigenvalue weighted by molar-refractivity contribution is 14.1. The summed E-state index contributed by atoms with van der Waals surface area (Å²) in [4.78, 5) is 11.4. The molecule has 0 atom stereocenters. The third kappa shape index (κ3) is 5.37. The van der Waals surface area contributed by atoms with Crippen molar-refractivity contribution in [2.45, 2.75) is 6.42 Å². The molecule has 0 unspecified atom stereocenters. The van der Waals surface area contributed by atoms with E-state index in [4.69, 9.17) is 5.26 Å². The molecule has 1 aromatic carbocycles. The number of carbonyl (C=O) groups excluding carboxylic acids is 1. The van der Waals surface area contributed by atoms with Crippen molar-refractivity contribution in [3.05, 3.63) is 26.2 Å². The van der Waals surface area contributed by atoms with E-state index in [2.05, 4.69) is 49.2 Å². The number of nitrogens with one attached hydrogen (secondary N) is 2. The summed E-state index contributed by atoms with van der Waals surface area (Å²) in [6.07, 6.45) is 0.333. The molecule has 0 aromatic heterocycles. The molecule has 0 heterocycles. The van der Waals surface area contributed by atoms with E-state index in [1.807, 2.05) is 24.3 Å². The summed E-state index contributed by atoms with van der Waals surface area (Å²) in [5, 5.41) is 14.0. The van der Waals surface area contributed by atoms with E-state index in [9.17, 15) is 4.79 Å². The van der Waals surface area contributed by atoms with Gasteiger partial charge >= 0.3 is 0 Å². The third-order valence-electron chi connectivity index (χ3n) is 1.93. The summed E-state index contributed by atoms with van der Waals surface area (Å²) in [5.41, 5.74) is 0.912. The van der Waals surface area contributed by atoms with Crippen LogP contribution in [0.5, 0.6) is 0 Å². The number of halogens is 2. The van der Waals surface area contributed by atoms with Gasteiger partial charge in [0.1, 0.15) is 0 Å². The van der Waals surface area contributed by atoms with Crippen LogP contribution in [-0.2, 0) is 4.79 Å².